The number of Topliss-reactive ketones (excluding diaryl/α,β-unsaturated/α-hetero) is 1. The van der Waals surface area contributed by atoms with Crippen molar-refractivity contribution in [2.24, 2.45) is 11.7 Å². The molecular weight excluding hydrogens is 716 g/mol. The quantitative estimate of drug-likeness (QED) is 0.0613. The van der Waals surface area contributed by atoms with Gasteiger partial charge in [-0.15, -0.1) is 0 Å². The molecular formula is C28H50N2O20S. The normalized spacial score (nSPS) is 40.4. The third kappa shape index (κ3) is 11.5. The van der Waals surface area contributed by atoms with Crippen LogP contribution in [0.15, 0.2) is 0 Å². The highest BCUT2D eigenvalue weighted by molar-refractivity contribution is 7.80. The molecule has 0 aliphatic carbocycles. The SMILES string of the molecule is CC(=O)C[C@H]1C([C@H](O)[C@H](O)CO)O[C@](C)(O[C@@H]2C(O)[C@H](O[C@@H]3C(CO)O[C@@H](OCCN)C(NC(C)=O)[C@H]3O)OC(COS(=O)(=O)O)[C@@H]2O)C[C@H]1O. The molecule has 0 aromatic rings. The standard InChI is InChI=1S/C28H50N2O20S/c1-11(33)6-13-14(35)7-28(3,49-23(13)19(37)15(36)8-31)50-25-20(38)17(10-45-51(41,42)43)47-27(22(25)40)48-24-16(9-32)46-26(44-5-4-29)18(21(24)39)30-12(2)34/h13-27,31-32,35-40H,4-10,29H2,1-3H3,(H,30,34)(H,41,42,43)/t13-,14-,15-,16?,17?,18?,19-,20+,21-,22?,23?,24-,25+,26-,27+,28-/m1/s1. The number of aliphatic hydroxyl groups excluding tert-OH is 8. The molecule has 3 rings (SSSR count). The predicted molar refractivity (Wildman–Crippen MR) is 164 cm³/mol. The molecule has 3 aliphatic heterocycles. The molecule has 0 saturated carbocycles. The minimum atomic E-state index is -5.12. The van der Waals surface area contributed by atoms with Gasteiger partial charge in [-0.3, -0.25) is 9.35 Å². The van der Waals surface area contributed by atoms with Crippen LogP contribution in [-0.4, -0.2) is 190 Å². The molecule has 3 heterocycles. The van der Waals surface area contributed by atoms with Crippen molar-refractivity contribution in [3.8, 4) is 0 Å². The van der Waals surface area contributed by atoms with E-state index in [1.54, 1.807) is 0 Å². The van der Waals surface area contributed by atoms with Crippen LogP contribution in [0.5, 0.6) is 0 Å². The Balaban J connectivity index is 1.96. The van der Waals surface area contributed by atoms with Crippen LogP contribution in [0.25, 0.3) is 0 Å². The minimum absolute atomic E-state index is 0.0318. The Morgan fingerprint density at radius 3 is 2.20 bits per heavy atom. The Bertz CT molecular complexity index is 1250. The summed E-state index contributed by atoms with van der Waals surface area (Å²) in [6.07, 6.45) is -23.3. The van der Waals surface area contributed by atoms with Gasteiger partial charge >= 0.3 is 10.4 Å². The highest BCUT2D eigenvalue weighted by atomic mass is 32.3. The zero-order chi connectivity index (χ0) is 38.4. The third-order valence-corrected chi connectivity index (χ3v) is 9.08. The van der Waals surface area contributed by atoms with Crippen LogP contribution in [0.3, 0.4) is 0 Å². The molecule has 0 aromatic carbocycles. The van der Waals surface area contributed by atoms with Gasteiger partial charge in [0.15, 0.2) is 18.4 Å². The van der Waals surface area contributed by atoms with E-state index in [1.165, 1.54) is 13.8 Å². The number of nitrogens with two attached hydrogens (primary N) is 1. The fraction of sp³-hybridized carbons (Fsp3) is 0.929. The summed E-state index contributed by atoms with van der Waals surface area (Å²) in [5, 5.41) is 87.9. The van der Waals surface area contributed by atoms with Gasteiger partial charge in [0.05, 0.1) is 38.6 Å². The van der Waals surface area contributed by atoms with Gasteiger partial charge in [-0.1, -0.05) is 0 Å². The Kier molecular flexibility index (Phi) is 16.0. The van der Waals surface area contributed by atoms with E-state index in [2.05, 4.69) is 9.50 Å². The van der Waals surface area contributed by atoms with E-state index in [-0.39, 0.29) is 19.6 Å². The van der Waals surface area contributed by atoms with Gasteiger partial charge in [-0.25, -0.2) is 4.18 Å². The maximum absolute atomic E-state index is 12.0. The summed E-state index contributed by atoms with van der Waals surface area (Å²) >= 11 is 0. The maximum atomic E-state index is 12.0. The zero-order valence-corrected chi connectivity index (χ0v) is 28.9. The van der Waals surface area contributed by atoms with Crippen molar-refractivity contribution < 1.29 is 96.0 Å². The van der Waals surface area contributed by atoms with E-state index >= 15 is 0 Å². The molecule has 0 aromatic heterocycles. The number of aliphatic hydroxyl groups is 8. The van der Waals surface area contributed by atoms with Gasteiger partial charge in [0, 0.05) is 32.2 Å². The molecule has 1 amide bonds. The lowest BCUT2D eigenvalue weighted by atomic mass is 9.80. The van der Waals surface area contributed by atoms with Gasteiger partial charge in [-0.2, -0.15) is 8.42 Å². The Labute approximate surface area is 293 Å². The van der Waals surface area contributed by atoms with Crippen LogP contribution in [0, 0.1) is 5.92 Å². The fourth-order valence-corrected chi connectivity index (χ4v) is 6.63. The molecule has 0 spiro atoms. The lowest BCUT2D eigenvalue weighted by Gasteiger charge is -2.51. The molecule has 51 heavy (non-hydrogen) atoms. The second kappa shape index (κ2) is 18.6. The van der Waals surface area contributed by atoms with Gasteiger partial charge in [0.1, 0.15) is 66.8 Å². The van der Waals surface area contributed by atoms with Gasteiger partial charge < -0.3 is 85.1 Å². The molecule has 12 N–H and O–H groups in total. The molecule has 0 bridgehead atoms. The maximum Gasteiger partial charge on any atom is 0.397 e. The lowest BCUT2D eigenvalue weighted by molar-refractivity contribution is -0.388. The molecule has 0 radical (unpaired) electrons. The molecule has 16 atom stereocenters. The van der Waals surface area contributed by atoms with E-state index in [0.717, 1.165) is 6.92 Å². The number of nitrogens with one attached hydrogen (secondary N) is 1. The molecule has 298 valence electrons. The Morgan fingerprint density at radius 1 is 1.00 bits per heavy atom. The number of amides is 1. The number of carbonyl (C=O) groups excluding carboxylic acids is 2. The molecule has 3 aliphatic rings. The van der Waals surface area contributed by atoms with Crippen LogP contribution in [0.2, 0.25) is 0 Å². The average Bonchev–Trinajstić information content (AvgIpc) is 3.04. The van der Waals surface area contributed by atoms with Crippen LogP contribution in [0.4, 0.5) is 0 Å². The first-order valence-electron chi connectivity index (χ1n) is 16.1. The van der Waals surface area contributed by atoms with E-state index in [9.17, 15) is 58.9 Å². The van der Waals surface area contributed by atoms with Crippen LogP contribution < -0.4 is 11.1 Å². The van der Waals surface area contributed by atoms with Crippen molar-refractivity contribution in [3.63, 3.8) is 0 Å². The van der Waals surface area contributed by atoms with E-state index in [4.69, 9.17) is 38.7 Å². The van der Waals surface area contributed by atoms with E-state index < -0.39 is 146 Å². The lowest BCUT2D eigenvalue weighted by Crippen LogP contribution is -2.68. The summed E-state index contributed by atoms with van der Waals surface area (Å²) in [5.41, 5.74) is 5.49. The molecule has 3 saturated heterocycles. The van der Waals surface area contributed by atoms with Crippen molar-refractivity contribution >= 4 is 22.1 Å². The van der Waals surface area contributed by atoms with E-state index in [1.807, 2.05) is 0 Å². The molecule has 22 nitrogen and oxygen atoms in total. The topological polar surface area (TPSA) is 353 Å². The summed E-state index contributed by atoms with van der Waals surface area (Å²) < 4.78 is 70.9. The molecule has 23 heteroatoms. The first kappa shape index (κ1) is 43.8. The highest BCUT2D eigenvalue weighted by Gasteiger charge is 2.56. The fourth-order valence-electron chi connectivity index (χ4n) is 6.32. The van der Waals surface area contributed by atoms with Crippen molar-refractivity contribution in [1.82, 2.24) is 5.32 Å². The number of hydrogen-bond acceptors (Lipinski definition) is 20. The minimum Gasteiger partial charge on any atom is -0.394 e. The third-order valence-electron chi connectivity index (χ3n) is 8.65. The van der Waals surface area contributed by atoms with Gasteiger partial charge in [-0.05, 0) is 13.8 Å². The summed E-state index contributed by atoms with van der Waals surface area (Å²) in [5.74, 6) is -4.19. The second-order valence-corrected chi connectivity index (χ2v) is 13.9. The molecule has 3 fully saturated rings. The Morgan fingerprint density at radius 2 is 1.65 bits per heavy atom. The number of hydrogen-bond donors (Lipinski definition) is 11. The summed E-state index contributed by atoms with van der Waals surface area (Å²) in [7, 11) is -5.12. The van der Waals surface area contributed by atoms with Crippen LogP contribution in [-0.2, 0) is 52.6 Å². The van der Waals surface area contributed by atoms with Crippen LogP contribution in [0.1, 0.15) is 33.6 Å². The zero-order valence-electron chi connectivity index (χ0n) is 28.1. The summed E-state index contributed by atoms with van der Waals surface area (Å²) in [6, 6.07) is -1.32. The predicted octanol–water partition coefficient (Wildman–Crippen LogP) is -6.24. The first-order valence-corrected chi connectivity index (χ1v) is 17.4. The number of rotatable bonds is 17. The van der Waals surface area contributed by atoms with Gasteiger partial charge in [0.2, 0.25) is 5.91 Å². The largest absolute Gasteiger partial charge is 0.397 e. The smallest absolute Gasteiger partial charge is 0.394 e. The van der Waals surface area contributed by atoms with E-state index in [0.29, 0.717) is 0 Å². The van der Waals surface area contributed by atoms with Gasteiger partial charge in [0.25, 0.3) is 0 Å². The summed E-state index contributed by atoms with van der Waals surface area (Å²) in [4.78, 5) is 23.9. The summed E-state index contributed by atoms with van der Waals surface area (Å²) in [6.45, 7) is 0.703. The monoisotopic (exact) mass is 766 g/mol. The Hall–Kier alpha value is -1.59. The average molecular weight is 767 g/mol. The second-order valence-electron chi connectivity index (χ2n) is 12.8. The van der Waals surface area contributed by atoms with Crippen molar-refractivity contribution in [3.05, 3.63) is 0 Å². The first-order chi connectivity index (χ1) is 23.7. The number of carbonyl (C=O) groups is 2. The number of ether oxygens (including phenoxy) is 6. The molecule has 5 unspecified atom stereocenters. The van der Waals surface area contributed by atoms with Crippen LogP contribution >= 0.6 is 0 Å². The van der Waals surface area contributed by atoms with Crippen molar-refractivity contribution in [2.45, 2.75) is 125 Å². The van der Waals surface area contributed by atoms with Crippen molar-refractivity contribution in [2.75, 3.05) is 33.0 Å². The number of ketones is 1. The highest BCUT2D eigenvalue weighted by Crippen LogP contribution is 2.40. The van der Waals surface area contributed by atoms with Crippen molar-refractivity contribution in [1.29, 1.82) is 0 Å².